The van der Waals surface area contributed by atoms with Crippen LogP contribution in [0.3, 0.4) is 0 Å². The lowest BCUT2D eigenvalue weighted by Gasteiger charge is -2.25. The standard InChI is InChI=1S/C20H25N3O2S2/c1-2-23-11-10-15-16(13-23)27-20(18(15)19(21)25)22-17(24)9-6-12-26-14-7-4-3-5-8-14/h3-5,7-8H,2,6,9-13H2,1H3,(H2,21,25)(H,22,24). The molecule has 3 N–H and O–H groups in total. The third-order valence-corrected chi connectivity index (χ3v) is 6.87. The summed E-state index contributed by atoms with van der Waals surface area (Å²) in [5.41, 5.74) is 7.14. The van der Waals surface area contributed by atoms with Crippen LogP contribution < -0.4 is 11.1 Å². The lowest BCUT2D eigenvalue weighted by Crippen LogP contribution is -2.30. The van der Waals surface area contributed by atoms with E-state index in [-0.39, 0.29) is 5.91 Å². The predicted octanol–water partition coefficient (Wildman–Crippen LogP) is 3.74. The monoisotopic (exact) mass is 403 g/mol. The number of primary amides is 1. The Morgan fingerprint density at radius 1 is 1.30 bits per heavy atom. The summed E-state index contributed by atoms with van der Waals surface area (Å²) in [6.07, 6.45) is 2.02. The van der Waals surface area contributed by atoms with Gasteiger partial charge in [-0.15, -0.1) is 23.1 Å². The van der Waals surface area contributed by atoms with Gasteiger partial charge in [-0.05, 0) is 42.8 Å². The topological polar surface area (TPSA) is 75.4 Å². The molecule has 0 saturated carbocycles. The second-order valence-electron chi connectivity index (χ2n) is 6.50. The summed E-state index contributed by atoms with van der Waals surface area (Å²) in [7, 11) is 0. The molecule has 0 spiro atoms. The molecule has 0 atom stereocenters. The van der Waals surface area contributed by atoms with Gasteiger partial charge in [-0.2, -0.15) is 0 Å². The molecule has 27 heavy (non-hydrogen) atoms. The molecule has 0 radical (unpaired) electrons. The minimum Gasteiger partial charge on any atom is -0.365 e. The number of benzene rings is 1. The molecule has 0 fully saturated rings. The van der Waals surface area contributed by atoms with Crippen LogP contribution in [-0.4, -0.2) is 35.6 Å². The number of hydrogen-bond acceptors (Lipinski definition) is 5. The Bertz CT molecular complexity index is 805. The summed E-state index contributed by atoms with van der Waals surface area (Å²) in [5.74, 6) is 0.372. The number of thiophene rings is 1. The molecule has 3 rings (SSSR count). The van der Waals surface area contributed by atoms with Crippen molar-refractivity contribution in [2.45, 2.75) is 37.6 Å². The Kier molecular flexibility index (Phi) is 6.93. The third-order valence-electron chi connectivity index (χ3n) is 4.64. The Hall–Kier alpha value is -1.83. The van der Waals surface area contributed by atoms with E-state index in [9.17, 15) is 9.59 Å². The molecule has 0 aliphatic carbocycles. The molecule has 1 aromatic heterocycles. The first-order chi connectivity index (χ1) is 13.1. The van der Waals surface area contributed by atoms with Gasteiger partial charge in [0.15, 0.2) is 0 Å². The van der Waals surface area contributed by atoms with Crippen LogP contribution in [0, 0.1) is 0 Å². The molecular weight excluding hydrogens is 378 g/mol. The van der Waals surface area contributed by atoms with Crippen LogP contribution >= 0.6 is 23.1 Å². The largest absolute Gasteiger partial charge is 0.365 e. The fraction of sp³-hybridized carbons (Fsp3) is 0.400. The number of carbonyl (C=O) groups excluding carboxylic acids is 2. The number of nitrogens with two attached hydrogens (primary N) is 1. The highest BCUT2D eigenvalue weighted by atomic mass is 32.2. The van der Waals surface area contributed by atoms with Crippen LogP contribution in [0.2, 0.25) is 0 Å². The highest BCUT2D eigenvalue weighted by molar-refractivity contribution is 7.99. The highest BCUT2D eigenvalue weighted by Crippen LogP contribution is 2.37. The van der Waals surface area contributed by atoms with Gasteiger partial charge < -0.3 is 11.1 Å². The van der Waals surface area contributed by atoms with Crippen LogP contribution in [0.15, 0.2) is 35.2 Å². The van der Waals surface area contributed by atoms with Gasteiger partial charge in [-0.25, -0.2) is 0 Å². The number of amides is 2. The average molecular weight is 404 g/mol. The van der Waals surface area contributed by atoms with Gasteiger partial charge in [0.2, 0.25) is 5.91 Å². The van der Waals surface area contributed by atoms with E-state index in [1.807, 2.05) is 18.2 Å². The van der Waals surface area contributed by atoms with Gasteiger partial charge in [0, 0.05) is 29.3 Å². The molecule has 5 nitrogen and oxygen atoms in total. The molecule has 2 heterocycles. The Morgan fingerprint density at radius 2 is 2.07 bits per heavy atom. The van der Waals surface area contributed by atoms with E-state index < -0.39 is 5.91 Å². The number of hydrogen-bond donors (Lipinski definition) is 2. The van der Waals surface area contributed by atoms with E-state index in [0.29, 0.717) is 17.0 Å². The Labute approximate surface area is 168 Å². The molecule has 1 aromatic carbocycles. The van der Waals surface area contributed by atoms with E-state index >= 15 is 0 Å². The lowest BCUT2D eigenvalue weighted by molar-refractivity contribution is -0.116. The summed E-state index contributed by atoms with van der Waals surface area (Å²) in [5, 5.41) is 3.55. The zero-order valence-corrected chi connectivity index (χ0v) is 17.1. The molecule has 1 aliphatic heterocycles. The van der Waals surface area contributed by atoms with Crippen molar-refractivity contribution >= 4 is 39.9 Å². The summed E-state index contributed by atoms with van der Waals surface area (Å²) < 4.78 is 0. The number of fused-ring (bicyclic) bond motifs is 1. The SMILES string of the molecule is CCN1CCc2c(sc(NC(=O)CCCSc3ccccc3)c2C(N)=O)C1. The van der Waals surface area contributed by atoms with Crippen LogP contribution in [0.25, 0.3) is 0 Å². The summed E-state index contributed by atoms with van der Waals surface area (Å²) in [6.45, 7) is 4.85. The first-order valence-corrected chi connectivity index (χ1v) is 11.0. The van der Waals surface area contributed by atoms with Crippen molar-refractivity contribution in [3.63, 3.8) is 0 Å². The van der Waals surface area contributed by atoms with Crippen molar-refractivity contribution in [1.29, 1.82) is 0 Å². The number of nitrogens with zero attached hydrogens (tertiary/aromatic N) is 1. The van der Waals surface area contributed by atoms with Crippen LogP contribution in [0.5, 0.6) is 0 Å². The molecule has 0 unspecified atom stereocenters. The van der Waals surface area contributed by atoms with Gasteiger partial charge in [-0.3, -0.25) is 14.5 Å². The lowest BCUT2D eigenvalue weighted by atomic mass is 10.0. The summed E-state index contributed by atoms with van der Waals surface area (Å²) in [6, 6.07) is 10.2. The Balaban J connectivity index is 1.57. The van der Waals surface area contributed by atoms with Crippen molar-refractivity contribution in [1.82, 2.24) is 4.90 Å². The van der Waals surface area contributed by atoms with Gasteiger partial charge in [0.1, 0.15) is 5.00 Å². The van der Waals surface area contributed by atoms with E-state index in [0.717, 1.165) is 48.7 Å². The van der Waals surface area contributed by atoms with Gasteiger partial charge in [0.25, 0.3) is 5.91 Å². The van der Waals surface area contributed by atoms with Crippen molar-refractivity contribution in [3.05, 3.63) is 46.3 Å². The number of likely N-dealkylation sites (N-methyl/N-ethyl adjacent to an activating group) is 1. The van der Waals surface area contributed by atoms with E-state index in [1.54, 1.807) is 11.8 Å². The predicted molar refractivity (Wildman–Crippen MR) is 113 cm³/mol. The minimum atomic E-state index is -0.451. The number of nitrogens with one attached hydrogen (secondary N) is 1. The van der Waals surface area contributed by atoms with Gasteiger partial charge >= 0.3 is 0 Å². The maximum absolute atomic E-state index is 12.4. The van der Waals surface area contributed by atoms with Crippen molar-refractivity contribution in [2.75, 3.05) is 24.2 Å². The number of carbonyl (C=O) groups is 2. The molecule has 2 amide bonds. The van der Waals surface area contributed by atoms with Crippen molar-refractivity contribution < 1.29 is 9.59 Å². The summed E-state index contributed by atoms with van der Waals surface area (Å²) in [4.78, 5) is 29.0. The molecule has 0 saturated heterocycles. The van der Waals surface area contributed by atoms with Crippen LogP contribution in [-0.2, 0) is 17.8 Å². The third kappa shape index (κ3) is 5.12. The van der Waals surface area contributed by atoms with Crippen LogP contribution in [0.1, 0.15) is 40.6 Å². The average Bonchev–Trinajstić information content (AvgIpc) is 3.03. The molecule has 7 heteroatoms. The van der Waals surface area contributed by atoms with Crippen LogP contribution in [0.4, 0.5) is 5.00 Å². The highest BCUT2D eigenvalue weighted by Gasteiger charge is 2.27. The first-order valence-electron chi connectivity index (χ1n) is 9.23. The second-order valence-corrected chi connectivity index (χ2v) is 8.78. The molecule has 1 aliphatic rings. The Morgan fingerprint density at radius 3 is 2.78 bits per heavy atom. The summed E-state index contributed by atoms with van der Waals surface area (Å²) >= 11 is 3.24. The number of anilines is 1. The quantitative estimate of drug-likeness (QED) is 0.520. The smallest absolute Gasteiger partial charge is 0.251 e. The number of thioether (sulfide) groups is 1. The van der Waals surface area contributed by atoms with Gasteiger partial charge in [-0.1, -0.05) is 25.1 Å². The maximum Gasteiger partial charge on any atom is 0.251 e. The molecular formula is C20H25N3O2S2. The molecule has 144 valence electrons. The normalized spacial score (nSPS) is 14.0. The molecule has 0 bridgehead atoms. The zero-order chi connectivity index (χ0) is 19.2. The van der Waals surface area contributed by atoms with Crippen molar-refractivity contribution in [2.24, 2.45) is 5.73 Å². The minimum absolute atomic E-state index is 0.0582. The first kappa shape index (κ1) is 19.9. The van der Waals surface area contributed by atoms with Crippen molar-refractivity contribution in [3.8, 4) is 0 Å². The van der Waals surface area contributed by atoms with E-state index in [1.165, 1.54) is 16.2 Å². The fourth-order valence-corrected chi connectivity index (χ4v) is 5.39. The fourth-order valence-electron chi connectivity index (χ4n) is 3.20. The van der Waals surface area contributed by atoms with Gasteiger partial charge in [0.05, 0.1) is 5.56 Å². The second kappa shape index (κ2) is 9.39. The van der Waals surface area contributed by atoms with E-state index in [4.69, 9.17) is 5.73 Å². The zero-order valence-electron chi connectivity index (χ0n) is 15.5. The number of rotatable bonds is 8. The molecule has 2 aromatic rings. The maximum atomic E-state index is 12.4. The van der Waals surface area contributed by atoms with E-state index in [2.05, 4.69) is 29.3 Å².